The van der Waals surface area contributed by atoms with E-state index >= 15 is 4.39 Å². The van der Waals surface area contributed by atoms with E-state index in [-0.39, 0.29) is 29.4 Å². The first kappa shape index (κ1) is 24.0. The minimum Gasteiger partial charge on any atom is -0.488 e. The Morgan fingerprint density at radius 3 is 2.49 bits per heavy atom. The van der Waals surface area contributed by atoms with Gasteiger partial charge in [-0.3, -0.25) is 4.90 Å². The Kier molecular flexibility index (Phi) is 6.24. The Morgan fingerprint density at radius 2 is 1.86 bits per heavy atom. The summed E-state index contributed by atoms with van der Waals surface area (Å²) in [6.45, 7) is 10.7. The van der Waals surface area contributed by atoms with Crippen LogP contribution in [0.4, 0.5) is 13.6 Å². The van der Waals surface area contributed by atoms with E-state index < -0.39 is 17.7 Å². The van der Waals surface area contributed by atoms with E-state index in [2.05, 4.69) is 24.1 Å². The number of ether oxygens (including phenoxy) is 2. The van der Waals surface area contributed by atoms with Crippen molar-refractivity contribution in [3.05, 3.63) is 53.1 Å². The summed E-state index contributed by atoms with van der Waals surface area (Å²) in [5.41, 5.74) is 2.17. The molecule has 2 atom stereocenters. The number of nitrogens with zero attached hydrogens (tertiary/aromatic N) is 1. The number of carbonyl (C=O) groups excluding carboxylic acids is 1. The molecular weight excluding hydrogens is 450 g/mol. The third-order valence-corrected chi connectivity index (χ3v) is 7.69. The lowest BCUT2D eigenvalue weighted by Gasteiger charge is -2.44. The summed E-state index contributed by atoms with van der Waals surface area (Å²) < 4.78 is 41.2. The molecule has 0 radical (unpaired) electrons. The number of alkyl carbamates (subject to hydrolysis) is 1. The molecule has 2 aromatic carbocycles. The van der Waals surface area contributed by atoms with Crippen LogP contribution in [0.15, 0.2) is 30.3 Å². The Bertz CT molecular complexity index is 1130. The molecular formula is C28H34F2N2O3. The molecule has 7 heteroatoms. The van der Waals surface area contributed by atoms with Gasteiger partial charge in [-0.1, -0.05) is 19.9 Å². The second-order valence-corrected chi connectivity index (χ2v) is 11.2. The summed E-state index contributed by atoms with van der Waals surface area (Å²) in [5.74, 6) is -0.396. The number of nitrogens with one attached hydrogen (secondary N) is 1. The summed E-state index contributed by atoms with van der Waals surface area (Å²) in [5, 5.41) is 3.03. The van der Waals surface area contributed by atoms with E-state index in [0.29, 0.717) is 23.5 Å². The zero-order valence-electron chi connectivity index (χ0n) is 20.9. The van der Waals surface area contributed by atoms with Crippen LogP contribution < -0.4 is 10.1 Å². The number of benzene rings is 2. The summed E-state index contributed by atoms with van der Waals surface area (Å²) in [7, 11) is 0. The minimum absolute atomic E-state index is 0.0851. The number of amides is 1. The van der Waals surface area contributed by atoms with Gasteiger partial charge in [-0.25, -0.2) is 13.6 Å². The SMILES string of the molecule is CC(C)Oc1ccc(-c2cc3c(cc2F)[C@H](NC(=O)O[C@H]2CN4CCC2CC4)C(C)(C)C3)cc1F. The average Bonchev–Trinajstić information content (AvgIpc) is 3.04. The molecule has 3 heterocycles. The highest BCUT2D eigenvalue weighted by molar-refractivity contribution is 5.71. The first-order chi connectivity index (χ1) is 16.6. The van der Waals surface area contributed by atoms with E-state index in [1.54, 1.807) is 12.1 Å². The van der Waals surface area contributed by atoms with Crippen molar-refractivity contribution in [3.8, 4) is 16.9 Å². The molecule has 0 saturated carbocycles. The van der Waals surface area contributed by atoms with E-state index in [4.69, 9.17) is 9.47 Å². The maximum atomic E-state index is 15.3. The van der Waals surface area contributed by atoms with E-state index in [9.17, 15) is 9.18 Å². The standard InChI is InChI=1S/C28H34F2N2O3/c1-16(2)34-24-6-5-18(12-23(24)30)20-11-19-14-28(3,4)26(21(19)13-22(20)29)31-27(33)35-25-15-32-9-7-17(25)8-10-32/h5-6,11-13,16-17,25-26H,7-10,14-15H2,1-4H3,(H,31,33)/t25-,26-/m0/s1. The van der Waals surface area contributed by atoms with Gasteiger partial charge in [-0.05, 0) is 98.5 Å². The molecule has 1 N–H and O–H groups in total. The van der Waals surface area contributed by atoms with Gasteiger partial charge in [0, 0.05) is 12.1 Å². The van der Waals surface area contributed by atoms with Gasteiger partial charge < -0.3 is 14.8 Å². The monoisotopic (exact) mass is 484 g/mol. The molecule has 3 aliphatic heterocycles. The molecule has 4 aliphatic rings. The molecule has 1 aliphatic carbocycles. The Balaban J connectivity index is 1.36. The maximum absolute atomic E-state index is 15.3. The molecule has 188 valence electrons. The average molecular weight is 485 g/mol. The highest BCUT2D eigenvalue weighted by Crippen LogP contribution is 2.47. The van der Waals surface area contributed by atoms with Crippen molar-refractivity contribution in [2.24, 2.45) is 11.3 Å². The van der Waals surface area contributed by atoms with Crippen LogP contribution in [0.1, 0.15) is 57.7 Å². The van der Waals surface area contributed by atoms with Gasteiger partial charge in [-0.2, -0.15) is 0 Å². The van der Waals surface area contributed by atoms with E-state index in [0.717, 1.165) is 43.6 Å². The summed E-state index contributed by atoms with van der Waals surface area (Å²) >= 11 is 0. The first-order valence-corrected chi connectivity index (χ1v) is 12.6. The number of hydrogen-bond acceptors (Lipinski definition) is 4. The van der Waals surface area contributed by atoms with Gasteiger partial charge in [0.15, 0.2) is 11.6 Å². The smallest absolute Gasteiger partial charge is 0.407 e. The lowest BCUT2D eigenvalue weighted by atomic mass is 9.85. The van der Waals surface area contributed by atoms with Crippen LogP contribution in [0, 0.1) is 23.0 Å². The number of fused-ring (bicyclic) bond motifs is 4. The van der Waals surface area contributed by atoms with Gasteiger partial charge in [0.25, 0.3) is 0 Å². The third-order valence-electron chi connectivity index (χ3n) is 7.69. The van der Waals surface area contributed by atoms with Gasteiger partial charge in [-0.15, -0.1) is 0 Å². The highest BCUT2D eigenvalue weighted by atomic mass is 19.1. The van der Waals surface area contributed by atoms with Crippen molar-refractivity contribution in [2.75, 3.05) is 19.6 Å². The van der Waals surface area contributed by atoms with Crippen molar-refractivity contribution < 1.29 is 23.0 Å². The molecule has 0 spiro atoms. The molecule has 3 saturated heterocycles. The number of rotatable bonds is 5. The number of halogens is 2. The molecule has 5 nitrogen and oxygen atoms in total. The van der Waals surface area contributed by atoms with Crippen LogP contribution in [-0.4, -0.2) is 42.8 Å². The van der Waals surface area contributed by atoms with Crippen LogP contribution in [0.3, 0.4) is 0 Å². The lowest BCUT2D eigenvalue weighted by molar-refractivity contribution is -0.0349. The molecule has 1 amide bonds. The van der Waals surface area contributed by atoms with Crippen LogP contribution in [0.2, 0.25) is 0 Å². The van der Waals surface area contributed by atoms with Crippen molar-refractivity contribution in [1.82, 2.24) is 10.2 Å². The van der Waals surface area contributed by atoms with Crippen LogP contribution in [0.25, 0.3) is 11.1 Å². The minimum atomic E-state index is -0.522. The first-order valence-electron chi connectivity index (χ1n) is 12.6. The second-order valence-electron chi connectivity index (χ2n) is 11.2. The summed E-state index contributed by atoms with van der Waals surface area (Å²) in [4.78, 5) is 15.2. The Morgan fingerprint density at radius 1 is 1.11 bits per heavy atom. The van der Waals surface area contributed by atoms with Gasteiger partial charge in [0.05, 0.1) is 12.1 Å². The molecule has 35 heavy (non-hydrogen) atoms. The van der Waals surface area contributed by atoms with Crippen molar-refractivity contribution in [3.63, 3.8) is 0 Å². The molecule has 3 fully saturated rings. The largest absolute Gasteiger partial charge is 0.488 e. The number of carbonyl (C=O) groups is 1. The van der Waals surface area contributed by atoms with Crippen LogP contribution in [-0.2, 0) is 11.2 Å². The topological polar surface area (TPSA) is 50.8 Å². The van der Waals surface area contributed by atoms with Gasteiger partial charge >= 0.3 is 6.09 Å². The molecule has 0 aromatic heterocycles. The summed E-state index contributed by atoms with van der Waals surface area (Å²) in [6.07, 6.45) is 2.11. The van der Waals surface area contributed by atoms with E-state index in [1.165, 1.54) is 18.2 Å². The fourth-order valence-electron chi connectivity index (χ4n) is 5.92. The number of piperidine rings is 3. The zero-order chi connectivity index (χ0) is 24.9. The molecule has 2 aromatic rings. The third kappa shape index (κ3) is 4.75. The van der Waals surface area contributed by atoms with Crippen LogP contribution in [0.5, 0.6) is 5.75 Å². The van der Waals surface area contributed by atoms with Gasteiger partial charge in [0.1, 0.15) is 11.9 Å². The van der Waals surface area contributed by atoms with Gasteiger partial charge in [0.2, 0.25) is 0 Å². The maximum Gasteiger partial charge on any atom is 0.407 e. The van der Waals surface area contributed by atoms with Crippen molar-refractivity contribution in [1.29, 1.82) is 0 Å². The fraction of sp³-hybridized carbons (Fsp3) is 0.536. The fourth-order valence-corrected chi connectivity index (χ4v) is 5.92. The predicted molar refractivity (Wildman–Crippen MR) is 130 cm³/mol. The highest BCUT2D eigenvalue weighted by Gasteiger charge is 2.42. The molecule has 0 unspecified atom stereocenters. The Labute approximate surface area is 205 Å². The lowest BCUT2D eigenvalue weighted by Crippen LogP contribution is -2.53. The zero-order valence-corrected chi connectivity index (χ0v) is 20.9. The van der Waals surface area contributed by atoms with Crippen molar-refractivity contribution >= 4 is 6.09 Å². The summed E-state index contributed by atoms with van der Waals surface area (Å²) in [6, 6.07) is 7.42. The molecule has 6 rings (SSSR count). The number of hydrogen-bond donors (Lipinski definition) is 1. The van der Waals surface area contributed by atoms with Crippen molar-refractivity contribution in [2.45, 2.75) is 65.2 Å². The Hall–Kier alpha value is -2.67. The molecule has 2 bridgehead atoms. The second kappa shape index (κ2) is 9.08. The van der Waals surface area contributed by atoms with Crippen LogP contribution >= 0.6 is 0 Å². The quantitative estimate of drug-likeness (QED) is 0.577. The predicted octanol–water partition coefficient (Wildman–Crippen LogP) is 5.86. The normalized spacial score (nSPS) is 26.5. The van der Waals surface area contributed by atoms with E-state index in [1.807, 2.05) is 13.8 Å².